The van der Waals surface area contributed by atoms with Crippen molar-refractivity contribution >= 4 is 11.8 Å². The predicted molar refractivity (Wildman–Crippen MR) is 81.5 cm³/mol. The van der Waals surface area contributed by atoms with Gasteiger partial charge in [0.2, 0.25) is 5.95 Å². The van der Waals surface area contributed by atoms with Gasteiger partial charge >= 0.3 is 0 Å². The first-order chi connectivity index (χ1) is 9.72. The molecule has 1 aliphatic heterocycles. The molecule has 0 unspecified atom stereocenters. The fraction of sp³-hybridized carbons (Fsp3) is 0.714. The van der Waals surface area contributed by atoms with E-state index in [9.17, 15) is 0 Å². The summed E-state index contributed by atoms with van der Waals surface area (Å²) < 4.78 is 5.04. The van der Waals surface area contributed by atoms with Crippen molar-refractivity contribution in [2.45, 2.75) is 13.8 Å². The standard InChI is InChI=1S/C14H25N5O/c1-4-18-6-8-19(9-7-18)14-16-12(2)11-13(17-14)15-5-10-20-3/h11H,4-10H2,1-3H3,(H,15,16,17). The zero-order valence-electron chi connectivity index (χ0n) is 12.7. The lowest BCUT2D eigenvalue weighted by molar-refractivity contribution is 0.210. The molecule has 20 heavy (non-hydrogen) atoms. The number of aromatic nitrogens is 2. The highest BCUT2D eigenvalue weighted by atomic mass is 16.5. The lowest BCUT2D eigenvalue weighted by Gasteiger charge is -2.34. The molecule has 1 fully saturated rings. The van der Waals surface area contributed by atoms with Crippen LogP contribution in [0.2, 0.25) is 0 Å². The number of ether oxygens (including phenoxy) is 1. The molecule has 112 valence electrons. The molecular weight excluding hydrogens is 254 g/mol. The molecule has 0 bridgehead atoms. The molecule has 1 aromatic heterocycles. The summed E-state index contributed by atoms with van der Waals surface area (Å²) in [5, 5.41) is 3.27. The molecule has 2 heterocycles. The summed E-state index contributed by atoms with van der Waals surface area (Å²) in [5.41, 5.74) is 0.993. The Morgan fingerprint density at radius 1 is 1.25 bits per heavy atom. The van der Waals surface area contributed by atoms with Gasteiger partial charge in [0, 0.05) is 51.6 Å². The minimum Gasteiger partial charge on any atom is -0.383 e. The third-order valence-corrected chi connectivity index (χ3v) is 3.56. The fourth-order valence-electron chi connectivity index (χ4n) is 2.33. The van der Waals surface area contributed by atoms with Crippen LogP contribution in [-0.4, -0.2) is 67.9 Å². The van der Waals surface area contributed by atoms with Crippen LogP contribution in [0.25, 0.3) is 0 Å². The quantitative estimate of drug-likeness (QED) is 0.784. The molecule has 0 spiro atoms. The van der Waals surface area contributed by atoms with Crippen LogP contribution >= 0.6 is 0 Å². The van der Waals surface area contributed by atoms with Crippen molar-refractivity contribution in [1.82, 2.24) is 14.9 Å². The number of nitrogens with one attached hydrogen (secondary N) is 1. The molecule has 0 atom stereocenters. The van der Waals surface area contributed by atoms with E-state index in [0.29, 0.717) is 6.61 Å². The van der Waals surface area contributed by atoms with Gasteiger partial charge in [-0.3, -0.25) is 0 Å². The number of rotatable bonds is 6. The van der Waals surface area contributed by atoms with E-state index >= 15 is 0 Å². The van der Waals surface area contributed by atoms with E-state index in [1.807, 2.05) is 13.0 Å². The summed E-state index contributed by atoms with van der Waals surface area (Å²) in [4.78, 5) is 13.9. The van der Waals surface area contributed by atoms with Crippen molar-refractivity contribution < 1.29 is 4.74 Å². The third-order valence-electron chi connectivity index (χ3n) is 3.56. The summed E-state index contributed by atoms with van der Waals surface area (Å²) in [6.45, 7) is 10.9. The third kappa shape index (κ3) is 4.05. The highest BCUT2D eigenvalue weighted by Gasteiger charge is 2.18. The monoisotopic (exact) mass is 279 g/mol. The number of anilines is 2. The number of hydrogen-bond donors (Lipinski definition) is 1. The lowest BCUT2D eigenvalue weighted by atomic mass is 10.3. The lowest BCUT2D eigenvalue weighted by Crippen LogP contribution is -2.46. The molecule has 1 aliphatic rings. The molecule has 2 rings (SSSR count). The van der Waals surface area contributed by atoms with Crippen LogP contribution < -0.4 is 10.2 Å². The summed E-state index contributed by atoms with van der Waals surface area (Å²) in [5.74, 6) is 1.71. The Morgan fingerprint density at radius 3 is 2.65 bits per heavy atom. The van der Waals surface area contributed by atoms with Crippen molar-refractivity contribution in [2.24, 2.45) is 0 Å². The summed E-state index contributed by atoms with van der Waals surface area (Å²) in [6, 6.07) is 1.97. The molecule has 6 nitrogen and oxygen atoms in total. The summed E-state index contributed by atoms with van der Waals surface area (Å²) in [6.07, 6.45) is 0. The first-order valence-electron chi connectivity index (χ1n) is 7.28. The minimum absolute atomic E-state index is 0.674. The number of nitrogens with zero attached hydrogens (tertiary/aromatic N) is 4. The fourth-order valence-corrected chi connectivity index (χ4v) is 2.33. The number of methoxy groups -OCH3 is 1. The van der Waals surface area contributed by atoms with Gasteiger partial charge in [0.05, 0.1) is 6.61 Å². The maximum atomic E-state index is 5.04. The van der Waals surface area contributed by atoms with Crippen molar-refractivity contribution in [3.63, 3.8) is 0 Å². The van der Waals surface area contributed by atoms with Crippen LogP contribution in [-0.2, 0) is 4.74 Å². The molecule has 0 saturated carbocycles. The average Bonchev–Trinajstić information content (AvgIpc) is 2.47. The number of hydrogen-bond acceptors (Lipinski definition) is 6. The van der Waals surface area contributed by atoms with Gasteiger partial charge in [-0.1, -0.05) is 6.92 Å². The Hall–Kier alpha value is -1.40. The zero-order valence-corrected chi connectivity index (χ0v) is 12.7. The van der Waals surface area contributed by atoms with Gasteiger partial charge in [0.1, 0.15) is 5.82 Å². The molecule has 1 N–H and O–H groups in total. The second-order valence-corrected chi connectivity index (χ2v) is 5.04. The Labute approximate surface area is 121 Å². The highest BCUT2D eigenvalue weighted by molar-refractivity contribution is 5.43. The van der Waals surface area contributed by atoms with Crippen LogP contribution in [0, 0.1) is 6.92 Å². The highest BCUT2D eigenvalue weighted by Crippen LogP contribution is 2.15. The van der Waals surface area contributed by atoms with Gasteiger partial charge < -0.3 is 19.9 Å². The van der Waals surface area contributed by atoms with E-state index in [1.165, 1.54) is 0 Å². The van der Waals surface area contributed by atoms with E-state index in [-0.39, 0.29) is 0 Å². The Morgan fingerprint density at radius 2 is 2.00 bits per heavy atom. The van der Waals surface area contributed by atoms with Crippen LogP contribution in [0.3, 0.4) is 0 Å². The Balaban J connectivity index is 2.00. The van der Waals surface area contributed by atoms with E-state index in [0.717, 1.165) is 56.7 Å². The molecule has 0 aliphatic carbocycles. The zero-order chi connectivity index (χ0) is 14.4. The molecule has 1 aromatic rings. The first-order valence-corrected chi connectivity index (χ1v) is 7.28. The molecule has 0 aromatic carbocycles. The van der Waals surface area contributed by atoms with E-state index in [2.05, 4.69) is 32.0 Å². The number of piperazine rings is 1. The first kappa shape index (κ1) is 15.0. The average molecular weight is 279 g/mol. The van der Waals surface area contributed by atoms with Crippen molar-refractivity contribution in [1.29, 1.82) is 0 Å². The summed E-state index contributed by atoms with van der Waals surface area (Å²) >= 11 is 0. The minimum atomic E-state index is 0.674. The summed E-state index contributed by atoms with van der Waals surface area (Å²) in [7, 11) is 1.70. The van der Waals surface area contributed by atoms with Gasteiger partial charge in [-0.15, -0.1) is 0 Å². The van der Waals surface area contributed by atoms with E-state index in [4.69, 9.17) is 4.74 Å². The topological polar surface area (TPSA) is 53.5 Å². The predicted octanol–water partition coefficient (Wildman–Crippen LogP) is 0.985. The Kier molecular flexibility index (Phi) is 5.55. The van der Waals surface area contributed by atoms with Gasteiger partial charge in [0.15, 0.2) is 0 Å². The molecule has 0 radical (unpaired) electrons. The molecule has 6 heteroatoms. The molecule has 1 saturated heterocycles. The smallest absolute Gasteiger partial charge is 0.227 e. The molecular formula is C14H25N5O. The molecule has 0 amide bonds. The second-order valence-electron chi connectivity index (χ2n) is 5.04. The van der Waals surface area contributed by atoms with Gasteiger partial charge in [-0.2, -0.15) is 4.98 Å². The SMILES string of the molecule is CCN1CCN(c2nc(C)cc(NCCOC)n2)CC1. The van der Waals surface area contributed by atoms with Crippen LogP contribution in [0.1, 0.15) is 12.6 Å². The Bertz CT molecular complexity index is 418. The largest absolute Gasteiger partial charge is 0.383 e. The maximum Gasteiger partial charge on any atom is 0.227 e. The van der Waals surface area contributed by atoms with Crippen LogP contribution in [0.5, 0.6) is 0 Å². The number of likely N-dealkylation sites (N-methyl/N-ethyl adjacent to an activating group) is 1. The van der Waals surface area contributed by atoms with Crippen LogP contribution in [0.4, 0.5) is 11.8 Å². The van der Waals surface area contributed by atoms with E-state index in [1.54, 1.807) is 7.11 Å². The van der Waals surface area contributed by atoms with Gasteiger partial charge in [-0.25, -0.2) is 4.98 Å². The normalized spacial score (nSPS) is 16.4. The second kappa shape index (κ2) is 7.40. The van der Waals surface area contributed by atoms with Gasteiger partial charge in [0.25, 0.3) is 0 Å². The van der Waals surface area contributed by atoms with E-state index < -0.39 is 0 Å². The van der Waals surface area contributed by atoms with Crippen molar-refractivity contribution in [2.75, 3.05) is 63.2 Å². The van der Waals surface area contributed by atoms with Crippen molar-refractivity contribution in [3.05, 3.63) is 11.8 Å². The number of aryl methyl sites for hydroxylation is 1. The van der Waals surface area contributed by atoms with Gasteiger partial charge in [-0.05, 0) is 13.5 Å². The maximum absolute atomic E-state index is 5.04. The van der Waals surface area contributed by atoms with Crippen molar-refractivity contribution in [3.8, 4) is 0 Å². The van der Waals surface area contributed by atoms with Crippen LogP contribution in [0.15, 0.2) is 6.07 Å².